The Hall–Kier alpha value is -3.27. The summed E-state index contributed by atoms with van der Waals surface area (Å²) in [5, 5.41) is 2.98. The number of amides is 2. The van der Waals surface area contributed by atoms with Crippen LogP contribution in [-0.2, 0) is 26.2 Å². The van der Waals surface area contributed by atoms with E-state index < -0.39 is 28.5 Å². The Morgan fingerprint density at radius 2 is 1.62 bits per heavy atom. The standard InChI is InChI=1S/C28H31Cl2N3O5S/c1-5-26(28(35)31-3)32(17-20-8-11-22(38-4)12-9-20)27(34)18-33(21-10-15-24(29)25(30)16-21)39(36,37)23-13-6-19(2)7-14-23/h6-16,26H,5,17-18H2,1-4H3,(H,31,35). The molecule has 1 atom stereocenters. The molecule has 0 saturated carbocycles. The van der Waals surface area contributed by atoms with Crippen LogP contribution in [0.5, 0.6) is 5.75 Å². The maximum Gasteiger partial charge on any atom is 0.264 e. The smallest absolute Gasteiger partial charge is 0.264 e. The van der Waals surface area contributed by atoms with E-state index in [1.54, 1.807) is 50.4 Å². The van der Waals surface area contributed by atoms with Crippen molar-refractivity contribution in [3.8, 4) is 5.75 Å². The van der Waals surface area contributed by atoms with Crippen molar-refractivity contribution in [2.45, 2.75) is 37.8 Å². The SMILES string of the molecule is CCC(C(=O)NC)N(Cc1ccc(OC)cc1)C(=O)CN(c1ccc(Cl)c(Cl)c1)S(=O)(=O)c1ccc(C)cc1. The highest BCUT2D eigenvalue weighted by Gasteiger charge is 2.33. The van der Waals surface area contributed by atoms with Crippen LogP contribution in [0.15, 0.2) is 71.6 Å². The van der Waals surface area contributed by atoms with Gasteiger partial charge in [-0.15, -0.1) is 0 Å². The molecule has 208 valence electrons. The molecule has 0 fully saturated rings. The number of carbonyl (C=O) groups excluding carboxylic acids is 2. The molecule has 0 aliphatic rings. The molecule has 11 heteroatoms. The number of hydrogen-bond acceptors (Lipinski definition) is 5. The Bertz CT molecular complexity index is 1410. The summed E-state index contributed by atoms with van der Waals surface area (Å²) in [4.78, 5) is 28.1. The largest absolute Gasteiger partial charge is 0.497 e. The van der Waals surface area contributed by atoms with Gasteiger partial charge in [0, 0.05) is 13.6 Å². The molecule has 0 aliphatic heterocycles. The summed E-state index contributed by atoms with van der Waals surface area (Å²) in [6, 6.07) is 16.9. The third-order valence-corrected chi connectivity index (χ3v) is 8.75. The van der Waals surface area contributed by atoms with Crippen LogP contribution in [-0.4, -0.2) is 51.9 Å². The molecule has 0 aromatic heterocycles. The fourth-order valence-electron chi connectivity index (χ4n) is 4.02. The number of methoxy groups -OCH3 is 1. The predicted molar refractivity (Wildman–Crippen MR) is 154 cm³/mol. The van der Waals surface area contributed by atoms with E-state index in [0.29, 0.717) is 12.2 Å². The van der Waals surface area contributed by atoms with Crippen LogP contribution in [0.3, 0.4) is 0 Å². The second-order valence-corrected chi connectivity index (χ2v) is 11.5. The Kier molecular flexibility index (Phi) is 10.2. The van der Waals surface area contributed by atoms with Crippen molar-refractivity contribution in [2.75, 3.05) is 25.0 Å². The van der Waals surface area contributed by atoms with Gasteiger partial charge in [0.05, 0.1) is 27.7 Å². The van der Waals surface area contributed by atoms with E-state index >= 15 is 0 Å². The molecule has 1 N–H and O–H groups in total. The van der Waals surface area contributed by atoms with Crippen molar-refractivity contribution in [1.82, 2.24) is 10.2 Å². The van der Waals surface area contributed by atoms with Crippen LogP contribution < -0.4 is 14.4 Å². The molecule has 3 rings (SSSR count). The second kappa shape index (κ2) is 13.2. The Balaban J connectivity index is 2.07. The number of rotatable bonds is 11. The van der Waals surface area contributed by atoms with Crippen molar-refractivity contribution >= 4 is 50.7 Å². The van der Waals surface area contributed by atoms with Gasteiger partial charge in [0.2, 0.25) is 11.8 Å². The summed E-state index contributed by atoms with van der Waals surface area (Å²) in [7, 11) is -1.16. The zero-order valence-corrected chi connectivity index (χ0v) is 24.5. The van der Waals surface area contributed by atoms with Crippen molar-refractivity contribution in [2.24, 2.45) is 0 Å². The van der Waals surface area contributed by atoms with Gasteiger partial charge in [0.1, 0.15) is 18.3 Å². The number of benzene rings is 3. The Labute approximate surface area is 239 Å². The molecule has 0 heterocycles. The number of carbonyl (C=O) groups is 2. The van der Waals surface area contributed by atoms with Crippen LogP contribution in [0.2, 0.25) is 10.0 Å². The number of nitrogens with zero attached hydrogens (tertiary/aromatic N) is 2. The number of anilines is 1. The van der Waals surface area contributed by atoms with Crippen LogP contribution in [0.25, 0.3) is 0 Å². The maximum atomic E-state index is 13.9. The molecule has 0 spiro atoms. The summed E-state index contributed by atoms with van der Waals surface area (Å²) in [5.41, 5.74) is 1.79. The van der Waals surface area contributed by atoms with Gasteiger partial charge in [-0.2, -0.15) is 0 Å². The van der Waals surface area contributed by atoms with E-state index in [9.17, 15) is 18.0 Å². The third kappa shape index (κ3) is 7.23. The molecule has 0 bridgehead atoms. The van der Waals surface area contributed by atoms with Crippen molar-refractivity contribution < 1.29 is 22.7 Å². The first-order valence-electron chi connectivity index (χ1n) is 12.2. The fourth-order valence-corrected chi connectivity index (χ4v) is 5.72. The van der Waals surface area contributed by atoms with Crippen molar-refractivity contribution in [3.63, 3.8) is 0 Å². The Morgan fingerprint density at radius 3 is 2.15 bits per heavy atom. The summed E-state index contributed by atoms with van der Waals surface area (Å²) < 4.78 is 33.9. The van der Waals surface area contributed by atoms with Crippen molar-refractivity contribution in [3.05, 3.63) is 87.9 Å². The lowest BCUT2D eigenvalue weighted by Gasteiger charge is -2.33. The highest BCUT2D eigenvalue weighted by Crippen LogP contribution is 2.31. The Morgan fingerprint density at radius 1 is 0.974 bits per heavy atom. The molecule has 8 nitrogen and oxygen atoms in total. The summed E-state index contributed by atoms with van der Waals surface area (Å²) in [6.07, 6.45) is 0.319. The van der Waals surface area contributed by atoms with Gasteiger partial charge in [0.15, 0.2) is 0 Å². The molecule has 39 heavy (non-hydrogen) atoms. The average Bonchev–Trinajstić information content (AvgIpc) is 2.93. The minimum absolute atomic E-state index is 0.00650. The quantitative estimate of drug-likeness (QED) is 0.336. The van der Waals surface area contributed by atoms with Gasteiger partial charge < -0.3 is 15.0 Å². The number of nitrogens with one attached hydrogen (secondary N) is 1. The van der Waals surface area contributed by atoms with E-state index in [-0.39, 0.29) is 33.1 Å². The van der Waals surface area contributed by atoms with Gasteiger partial charge in [-0.1, -0.05) is 60.0 Å². The molecular formula is C28H31Cl2N3O5S. The van der Waals surface area contributed by atoms with Crippen molar-refractivity contribution in [1.29, 1.82) is 0 Å². The maximum absolute atomic E-state index is 13.9. The van der Waals surface area contributed by atoms with E-state index in [1.807, 2.05) is 6.92 Å². The minimum Gasteiger partial charge on any atom is -0.497 e. The third-order valence-electron chi connectivity index (χ3n) is 6.22. The monoisotopic (exact) mass is 591 g/mol. The van der Waals surface area contributed by atoms with E-state index in [2.05, 4.69) is 5.32 Å². The van der Waals surface area contributed by atoms with Gasteiger partial charge in [-0.3, -0.25) is 13.9 Å². The first-order chi connectivity index (χ1) is 18.5. The summed E-state index contributed by atoms with van der Waals surface area (Å²) in [6.45, 7) is 3.14. The second-order valence-electron chi connectivity index (χ2n) is 8.83. The molecule has 0 saturated heterocycles. The van der Waals surface area contributed by atoms with Crippen LogP contribution >= 0.6 is 23.2 Å². The number of sulfonamides is 1. The number of likely N-dealkylation sites (N-methyl/N-ethyl adjacent to an activating group) is 1. The molecule has 0 radical (unpaired) electrons. The number of aryl methyl sites for hydroxylation is 1. The molecule has 3 aromatic carbocycles. The first kappa shape index (κ1) is 30.3. The normalized spacial score (nSPS) is 11.9. The molecular weight excluding hydrogens is 561 g/mol. The summed E-state index contributed by atoms with van der Waals surface area (Å²) >= 11 is 12.3. The van der Waals surface area contributed by atoms with Crippen LogP contribution in [0.4, 0.5) is 5.69 Å². The highest BCUT2D eigenvalue weighted by molar-refractivity contribution is 7.92. The zero-order chi connectivity index (χ0) is 28.7. The van der Waals surface area contributed by atoms with Gasteiger partial charge >= 0.3 is 0 Å². The highest BCUT2D eigenvalue weighted by atomic mass is 35.5. The number of hydrogen-bond donors (Lipinski definition) is 1. The molecule has 1 unspecified atom stereocenters. The topological polar surface area (TPSA) is 96.0 Å². The average molecular weight is 593 g/mol. The number of halogens is 2. The van der Waals surface area contributed by atoms with E-state index in [0.717, 1.165) is 15.4 Å². The van der Waals surface area contributed by atoms with E-state index in [1.165, 1.54) is 42.3 Å². The summed E-state index contributed by atoms with van der Waals surface area (Å²) in [5.74, 6) is -0.283. The van der Waals surface area contributed by atoms with Gasteiger partial charge in [0.25, 0.3) is 10.0 Å². The molecule has 0 aliphatic carbocycles. The lowest BCUT2D eigenvalue weighted by molar-refractivity contribution is -0.140. The van der Waals surface area contributed by atoms with E-state index in [4.69, 9.17) is 27.9 Å². The van der Waals surface area contributed by atoms with Gasteiger partial charge in [-0.25, -0.2) is 8.42 Å². The van der Waals surface area contributed by atoms with Crippen LogP contribution in [0.1, 0.15) is 24.5 Å². The first-order valence-corrected chi connectivity index (χ1v) is 14.4. The minimum atomic E-state index is -4.20. The fraction of sp³-hybridized carbons (Fsp3) is 0.286. The van der Waals surface area contributed by atoms with Gasteiger partial charge in [-0.05, 0) is 61.4 Å². The zero-order valence-electron chi connectivity index (χ0n) is 22.1. The lowest BCUT2D eigenvalue weighted by atomic mass is 10.1. The molecule has 2 amide bonds. The lowest BCUT2D eigenvalue weighted by Crippen LogP contribution is -2.51. The molecule has 3 aromatic rings. The number of ether oxygens (including phenoxy) is 1. The van der Waals surface area contributed by atoms with Crippen LogP contribution in [0, 0.1) is 6.92 Å². The predicted octanol–water partition coefficient (Wildman–Crippen LogP) is 5.06.